The van der Waals surface area contributed by atoms with Crippen LogP contribution in [0.4, 0.5) is 0 Å². The van der Waals surface area contributed by atoms with Crippen LogP contribution >= 0.6 is 0 Å². The first-order valence-corrected chi connectivity index (χ1v) is 8.59. The molecule has 0 aromatic rings. The molecule has 0 aromatic heterocycles. The third-order valence-corrected chi connectivity index (χ3v) is 4.26. The number of nitrogens with zero attached hydrogens (tertiary/aromatic N) is 2. The Morgan fingerprint density at radius 1 is 1.14 bits per heavy atom. The largest absolute Gasteiger partial charge is 0.477 e. The first kappa shape index (κ1) is 18.8. The summed E-state index contributed by atoms with van der Waals surface area (Å²) in [5, 5.41) is 18.3. The second-order valence-electron chi connectivity index (χ2n) is 6.10. The minimum Gasteiger partial charge on any atom is -0.477 e. The van der Waals surface area contributed by atoms with E-state index >= 15 is 0 Å². The normalized spacial score (nSPS) is 20.4. The van der Waals surface area contributed by atoms with Gasteiger partial charge in [0.05, 0.1) is 12.8 Å². The number of amidine groups is 1. The van der Waals surface area contributed by atoms with Gasteiger partial charge in [0.15, 0.2) is 6.54 Å². The summed E-state index contributed by atoms with van der Waals surface area (Å²) in [5.74, 6) is 0.0195. The molecule has 0 spiro atoms. The molecule has 126 valence electrons. The Labute approximate surface area is 133 Å². The molecule has 5 nitrogen and oxygen atoms in total. The Kier molecular flexibility index (Phi) is 9.01. The van der Waals surface area contributed by atoms with Crippen molar-refractivity contribution in [1.82, 2.24) is 0 Å². The van der Waals surface area contributed by atoms with Gasteiger partial charge < -0.3 is 10.2 Å². The van der Waals surface area contributed by atoms with Crippen LogP contribution in [0.1, 0.15) is 64.7 Å². The van der Waals surface area contributed by atoms with E-state index in [-0.39, 0.29) is 17.6 Å². The molecular weight excluding hydrogens is 280 g/mol. The van der Waals surface area contributed by atoms with Gasteiger partial charge in [0, 0.05) is 6.42 Å². The monoisotopic (exact) mass is 311 g/mol. The predicted octanol–water partition coefficient (Wildman–Crippen LogP) is 3.29. The van der Waals surface area contributed by atoms with E-state index in [1.165, 1.54) is 38.5 Å². The molecule has 5 heteroatoms. The minimum atomic E-state index is -0.858. The van der Waals surface area contributed by atoms with Crippen LogP contribution in [0.2, 0.25) is 0 Å². The Morgan fingerprint density at radius 2 is 1.77 bits per heavy atom. The van der Waals surface area contributed by atoms with Gasteiger partial charge in [0.2, 0.25) is 5.84 Å². The average molecular weight is 311 g/mol. The molecular formula is C17H31N2O3+. The smallest absolute Gasteiger partial charge is 0.360 e. The number of aliphatic imine (C=N–C) groups is 1. The molecule has 0 bridgehead atoms. The van der Waals surface area contributed by atoms with E-state index in [0.29, 0.717) is 6.54 Å². The second-order valence-corrected chi connectivity index (χ2v) is 6.10. The number of carbonyl (C=O) groups is 1. The molecule has 0 fully saturated rings. The van der Waals surface area contributed by atoms with Crippen LogP contribution in [0.5, 0.6) is 0 Å². The Morgan fingerprint density at radius 3 is 2.36 bits per heavy atom. The maximum atomic E-state index is 11.1. The number of aliphatic carboxylic acids is 1. The lowest BCUT2D eigenvalue weighted by Crippen LogP contribution is -2.51. The topological polar surface area (TPSA) is 69.9 Å². The number of rotatable bonds is 13. The summed E-state index contributed by atoms with van der Waals surface area (Å²) < 4.78 is 0.183. The van der Waals surface area contributed by atoms with Crippen molar-refractivity contribution in [2.45, 2.75) is 64.7 Å². The standard InChI is InChI=1S/C17H30N2O3/c1-2-3-4-5-6-7-8-9-10-16-18-11-12-19(16,13-14-20)15-17(21)22/h11-12,20H,2-10,13-15H2,1H3/p+1. The van der Waals surface area contributed by atoms with Crippen molar-refractivity contribution in [2.24, 2.45) is 4.99 Å². The molecule has 2 N–H and O–H groups in total. The summed E-state index contributed by atoms with van der Waals surface area (Å²) in [4.78, 5) is 15.4. The van der Waals surface area contributed by atoms with Gasteiger partial charge in [-0.05, 0) is 6.42 Å². The molecule has 0 saturated heterocycles. The van der Waals surface area contributed by atoms with E-state index in [0.717, 1.165) is 25.1 Å². The number of quaternary nitrogens is 1. The predicted molar refractivity (Wildman–Crippen MR) is 88.5 cm³/mol. The summed E-state index contributed by atoms with van der Waals surface area (Å²) >= 11 is 0. The van der Waals surface area contributed by atoms with Gasteiger partial charge in [-0.25, -0.2) is 14.3 Å². The van der Waals surface area contributed by atoms with Gasteiger partial charge in [-0.2, -0.15) is 0 Å². The van der Waals surface area contributed by atoms with Crippen LogP contribution in [0, 0.1) is 0 Å². The molecule has 1 aliphatic heterocycles. The van der Waals surface area contributed by atoms with Crippen LogP contribution in [0.25, 0.3) is 0 Å². The number of aliphatic hydroxyl groups is 1. The van der Waals surface area contributed by atoms with Crippen molar-refractivity contribution in [1.29, 1.82) is 0 Å². The second kappa shape index (κ2) is 10.5. The molecule has 0 aromatic carbocycles. The molecule has 1 atom stereocenters. The number of aliphatic hydroxyl groups excluding tert-OH is 1. The van der Waals surface area contributed by atoms with Crippen LogP contribution in [-0.2, 0) is 4.79 Å². The molecule has 22 heavy (non-hydrogen) atoms. The number of carboxylic acids is 1. The van der Waals surface area contributed by atoms with Crippen molar-refractivity contribution in [3.05, 3.63) is 12.4 Å². The van der Waals surface area contributed by atoms with Crippen LogP contribution in [0.3, 0.4) is 0 Å². The molecule has 0 aliphatic carbocycles. The van der Waals surface area contributed by atoms with Gasteiger partial charge in [-0.15, -0.1) is 0 Å². The fourth-order valence-corrected chi connectivity index (χ4v) is 3.00. The third-order valence-electron chi connectivity index (χ3n) is 4.26. The van der Waals surface area contributed by atoms with Gasteiger partial charge in [0.1, 0.15) is 12.7 Å². The number of hydrogen-bond donors (Lipinski definition) is 2. The Bertz CT molecular complexity index is 393. The molecule has 1 unspecified atom stereocenters. The lowest BCUT2D eigenvalue weighted by atomic mass is 10.1. The molecule has 0 amide bonds. The number of carboxylic acid groups (broad SMARTS) is 1. The molecule has 0 radical (unpaired) electrons. The lowest BCUT2D eigenvalue weighted by Gasteiger charge is -2.30. The van der Waals surface area contributed by atoms with Crippen molar-refractivity contribution in [3.63, 3.8) is 0 Å². The SMILES string of the molecule is CCCCCCCCCCC1=NC=C[N+]1(CCO)CC(=O)O. The highest BCUT2D eigenvalue weighted by Crippen LogP contribution is 2.21. The van der Waals surface area contributed by atoms with Crippen LogP contribution in [-0.4, -0.2) is 46.2 Å². The summed E-state index contributed by atoms with van der Waals surface area (Å²) in [6, 6.07) is 0. The highest BCUT2D eigenvalue weighted by Gasteiger charge is 2.36. The summed E-state index contributed by atoms with van der Waals surface area (Å²) in [5.41, 5.74) is 0. The van der Waals surface area contributed by atoms with E-state index in [9.17, 15) is 9.90 Å². The Hall–Kier alpha value is -1.20. The first-order chi connectivity index (χ1) is 10.6. The average Bonchev–Trinajstić information content (AvgIpc) is 2.84. The van der Waals surface area contributed by atoms with Crippen molar-refractivity contribution in [3.8, 4) is 0 Å². The summed E-state index contributed by atoms with van der Waals surface area (Å²) in [6.45, 7) is 2.55. The van der Waals surface area contributed by atoms with E-state index in [1.54, 1.807) is 12.4 Å². The highest BCUT2D eigenvalue weighted by molar-refractivity contribution is 5.81. The molecule has 1 heterocycles. The van der Waals surface area contributed by atoms with Gasteiger partial charge in [0.25, 0.3) is 0 Å². The number of hydrogen-bond acceptors (Lipinski definition) is 3. The third kappa shape index (κ3) is 6.28. The van der Waals surface area contributed by atoms with Crippen molar-refractivity contribution in [2.75, 3.05) is 19.7 Å². The summed E-state index contributed by atoms with van der Waals surface area (Å²) in [6.07, 6.45) is 14.3. The first-order valence-electron chi connectivity index (χ1n) is 8.59. The zero-order chi connectivity index (χ0) is 16.3. The quantitative estimate of drug-likeness (QED) is 0.405. The molecule has 0 saturated carbocycles. The van der Waals surface area contributed by atoms with E-state index in [1.807, 2.05) is 0 Å². The molecule has 1 rings (SSSR count). The minimum absolute atomic E-state index is 0.0337. The molecule has 1 aliphatic rings. The maximum absolute atomic E-state index is 11.1. The van der Waals surface area contributed by atoms with Crippen molar-refractivity contribution < 1.29 is 19.5 Å². The van der Waals surface area contributed by atoms with E-state index < -0.39 is 5.97 Å². The fraction of sp³-hybridized carbons (Fsp3) is 0.765. The van der Waals surface area contributed by atoms with Gasteiger partial charge >= 0.3 is 5.97 Å². The zero-order valence-corrected chi connectivity index (χ0v) is 13.8. The Balaban J connectivity index is 2.30. The lowest BCUT2D eigenvalue weighted by molar-refractivity contribution is -0.780. The zero-order valence-electron chi connectivity index (χ0n) is 13.8. The van der Waals surface area contributed by atoms with E-state index in [4.69, 9.17) is 5.11 Å². The van der Waals surface area contributed by atoms with Crippen molar-refractivity contribution >= 4 is 11.8 Å². The van der Waals surface area contributed by atoms with Gasteiger partial charge in [-0.3, -0.25) is 0 Å². The van der Waals surface area contributed by atoms with Gasteiger partial charge in [-0.1, -0.05) is 51.9 Å². The maximum Gasteiger partial charge on any atom is 0.360 e. The van der Waals surface area contributed by atoms with Crippen LogP contribution in [0.15, 0.2) is 17.4 Å². The van der Waals surface area contributed by atoms with Crippen LogP contribution < -0.4 is 0 Å². The fourth-order valence-electron chi connectivity index (χ4n) is 3.00. The number of unbranched alkanes of at least 4 members (excludes halogenated alkanes) is 7. The highest BCUT2D eigenvalue weighted by atomic mass is 16.4. The summed E-state index contributed by atoms with van der Waals surface area (Å²) in [7, 11) is 0. The van der Waals surface area contributed by atoms with E-state index in [2.05, 4.69) is 11.9 Å².